The summed E-state index contributed by atoms with van der Waals surface area (Å²) in [6, 6.07) is 15.2. The molecular formula is C24H31ClN2O2S. The van der Waals surface area contributed by atoms with Crippen molar-refractivity contribution in [2.24, 2.45) is 0 Å². The van der Waals surface area contributed by atoms with E-state index in [1.54, 1.807) is 11.8 Å². The Balaban J connectivity index is 2.07. The minimum absolute atomic E-state index is 0.0468. The van der Waals surface area contributed by atoms with Crippen molar-refractivity contribution in [3.05, 3.63) is 70.2 Å². The molecule has 0 aromatic heterocycles. The van der Waals surface area contributed by atoms with Gasteiger partial charge >= 0.3 is 0 Å². The van der Waals surface area contributed by atoms with Crippen molar-refractivity contribution >= 4 is 35.2 Å². The smallest absolute Gasteiger partial charge is 0.242 e. The first-order valence-corrected chi connectivity index (χ1v) is 11.8. The molecule has 0 unspecified atom stereocenters. The summed E-state index contributed by atoms with van der Waals surface area (Å²) in [7, 11) is 0. The highest BCUT2D eigenvalue weighted by Crippen LogP contribution is 2.18. The molecule has 2 rings (SSSR count). The predicted molar refractivity (Wildman–Crippen MR) is 127 cm³/mol. The third-order valence-electron chi connectivity index (χ3n) is 5.03. The Labute approximate surface area is 189 Å². The van der Waals surface area contributed by atoms with Gasteiger partial charge in [-0.1, -0.05) is 60.5 Å². The lowest BCUT2D eigenvalue weighted by Gasteiger charge is -2.29. The van der Waals surface area contributed by atoms with Crippen LogP contribution in [0.4, 0.5) is 0 Å². The van der Waals surface area contributed by atoms with Crippen molar-refractivity contribution in [1.82, 2.24) is 10.2 Å². The summed E-state index contributed by atoms with van der Waals surface area (Å²) in [5, 5.41) is 3.68. The number of carbonyl (C=O) groups is 2. The standard InChI is InChI=1S/C24H31ClN2O2S/c1-5-18(3)26-24(29)19(4)27(14-20-11-9-17(2)10-12-20)23(28)16-30-15-21-7-6-8-22(25)13-21/h6-13,18-19H,5,14-16H2,1-4H3,(H,26,29)/t18-,19-/m0/s1. The molecule has 0 heterocycles. The molecule has 30 heavy (non-hydrogen) atoms. The number of nitrogens with zero attached hydrogens (tertiary/aromatic N) is 1. The summed E-state index contributed by atoms with van der Waals surface area (Å²) in [5.41, 5.74) is 3.25. The van der Waals surface area contributed by atoms with E-state index in [-0.39, 0.29) is 17.9 Å². The summed E-state index contributed by atoms with van der Waals surface area (Å²) in [6.45, 7) is 8.23. The van der Waals surface area contributed by atoms with Crippen molar-refractivity contribution < 1.29 is 9.59 Å². The van der Waals surface area contributed by atoms with Gasteiger partial charge in [0.25, 0.3) is 0 Å². The van der Waals surface area contributed by atoms with Gasteiger partial charge in [0, 0.05) is 23.4 Å². The zero-order valence-corrected chi connectivity index (χ0v) is 19.7. The van der Waals surface area contributed by atoms with Crippen LogP contribution in [0, 0.1) is 6.92 Å². The van der Waals surface area contributed by atoms with Crippen LogP contribution in [0.1, 0.15) is 43.9 Å². The fraction of sp³-hybridized carbons (Fsp3) is 0.417. The van der Waals surface area contributed by atoms with E-state index in [0.717, 1.165) is 23.1 Å². The maximum Gasteiger partial charge on any atom is 0.242 e. The van der Waals surface area contributed by atoms with Crippen molar-refractivity contribution in [3.8, 4) is 0 Å². The molecule has 1 N–H and O–H groups in total. The lowest BCUT2D eigenvalue weighted by molar-refractivity contribution is -0.138. The van der Waals surface area contributed by atoms with Crippen LogP contribution in [-0.4, -0.2) is 34.6 Å². The van der Waals surface area contributed by atoms with Gasteiger partial charge in [-0.2, -0.15) is 0 Å². The maximum absolute atomic E-state index is 13.1. The third kappa shape index (κ3) is 7.69. The molecule has 0 saturated heterocycles. The largest absolute Gasteiger partial charge is 0.352 e. The normalized spacial score (nSPS) is 12.8. The topological polar surface area (TPSA) is 49.4 Å². The first-order chi connectivity index (χ1) is 14.3. The molecule has 0 fully saturated rings. The van der Waals surface area contributed by atoms with Crippen molar-refractivity contribution in [1.29, 1.82) is 0 Å². The zero-order valence-electron chi connectivity index (χ0n) is 18.2. The Morgan fingerprint density at radius 1 is 1.10 bits per heavy atom. The minimum Gasteiger partial charge on any atom is -0.352 e. The Bertz CT molecular complexity index is 841. The molecule has 2 aromatic rings. The second-order valence-electron chi connectivity index (χ2n) is 7.62. The summed E-state index contributed by atoms with van der Waals surface area (Å²) in [5.74, 6) is 0.830. The van der Waals surface area contributed by atoms with E-state index in [9.17, 15) is 9.59 Å². The number of benzene rings is 2. The Morgan fingerprint density at radius 3 is 2.43 bits per heavy atom. The lowest BCUT2D eigenvalue weighted by atomic mass is 10.1. The lowest BCUT2D eigenvalue weighted by Crippen LogP contribution is -2.50. The van der Waals surface area contributed by atoms with E-state index < -0.39 is 6.04 Å². The van der Waals surface area contributed by atoms with Crippen molar-refractivity contribution in [2.45, 2.75) is 58.5 Å². The molecule has 0 aliphatic rings. The molecule has 0 spiro atoms. The van der Waals surface area contributed by atoms with Crippen LogP contribution in [0.5, 0.6) is 0 Å². The minimum atomic E-state index is -0.542. The fourth-order valence-corrected chi connectivity index (χ4v) is 3.97. The zero-order chi connectivity index (χ0) is 22.1. The fourth-order valence-electron chi connectivity index (χ4n) is 2.90. The Morgan fingerprint density at radius 2 is 1.80 bits per heavy atom. The van der Waals surface area contributed by atoms with Crippen molar-refractivity contribution in [3.63, 3.8) is 0 Å². The van der Waals surface area contributed by atoms with Crippen LogP contribution >= 0.6 is 23.4 Å². The summed E-state index contributed by atoms with van der Waals surface area (Å²) in [4.78, 5) is 27.5. The Hall–Kier alpha value is -1.98. The maximum atomic E-state index is 13.1. The van der Waals surface area contributed by atoms with Crippen molar-refractivity contribution in [2.75, 3.05) is 5.75 Å². The van der Waals surface area contributed by atoms with Gasteiger partial charge in [-0.3, -0.25) is 9.59 Å². The third-order valence-corrected chi connectivity index (χ3v) is 6.25. The molecule has 0 aliphatic heterocycles. The molecule has 2 aromatic carbocycles. The van der Waals surface area contributed by atoms with Gasteiger partial charge in [0.15, 0.2) is 0 Å². The molecule has 0 radical (unpaired) electrons. The number of carbonyl (C=O) groups excluding carboxylic acids is 2. The van der Waals surface area contributed by atoms with Gasteiger partial charge in [-0.25, -0.2) is 0 Å². The van der Waals surface area contributed by atoms with Gasteiger partial charge in [0.05, 0.1) is 5.75 Å². The molecule has 2 amide bonds. The van der Waals surface area contributed by atoms with E-state index in [4.69, 9.17) is 11.6 Å². The first-order valence-electron chi connectivity index (χ1n) is 10.3. The van der Waals surface area contributed by atoms with Crippen LogP contribution in [0.2, 0.25) is 5.02 Å². The molecule has 0 aliphatic carbocycles. The molecule has 0 bridgehead atoms. The summed E-state index contributed by atoms with van der Waals surface area (Å²) >= 11 is 7.57. The number of nitrogens with one attached hydrogen (secondary N) is 1. The second-order valence-corrected chi connectivity index (χ2v) is 9.05. The molecular weight excluding hydrogens is 416 g/mol. The number of rotatable bonds is 10. The van der Waals surface area contributed by atoms with E-state index in [0.29, 0.717) is 23.1 Å². The second kappa shape index (κ2) is 12.0. The molecule has 162 valence electrons. The average molecular weight is 447 g/mol. The van der Waals surface area contributed by atoms with Crippen LogP contribution in [0.15, 0.2) is 48.5 Å². The van der Waals surface area contributed by atoms with Crippen LogP contribution in [-0.2, 0) is 21.9 Å². The number of thioether (sulfide) groups is 1. The molecule has 2 atom stereocenters. The number of aryl methyl sites for hydroxylation is 1. The number of hydrogen-bond acceptors (Lipinski definition) is 3. The molecule has 4 nitrogen and oxygen atoms in total. The highest BCUT2D eigenvalue weighted by atomic mass is 35.5. The summed E-state index contributed by atoms with van der Waals surface area (Å²) < 4.78 is 0. The quantitative estimate of drug-likeness (QED) is 0.544. The predicted octanol–water partition coefficient (Wildman–Crippen LogP) is 5.21. The Kier molecular flexibility index (Phi) is 9.73. The number of hydrogen-bond donors (Lipinski definition) is 1. The first kappa shape index (κ1) is 24.3. The summed E-state index contributed by atoms with van der Waals surface area (Å²) in [6.07, 6.45) is 0.847. The number of amides is 2. The van der Waals surface area contributed by atoms with E-state index in [1.165, 1.54) is 11.8 Å². The monoisotopic (exact) mass is 446 g/mol. The van der Waals surface area contributed by atoms with Gasteiger partial charge in [-0.15, -0.1) is 11.8 Å². The van der Waals surface area contributed by atoms with E-state index in [1.807, 2.05) is 69.3 Å². The van der Waals surface area contributed by atoms with Gasteiger partial charge < -0.3 is 10.2 Å². The van der Waals surface area contributed by atoms with Crippen LogP contribution in [0.3, 0.4) is 0 Å². The van der Waals surface area contributed by atoms with Gasteiger partial charge in [0.2, 0.25) is 11.8 Å². The van der Waals surface area contributed by atoms with Gasteiger partial charge in [-0.05, 0) is 50.5 Å². The van der Waals surface area contributed by atoms with E-state index >= 15 is 0 Å². The highest BCUT2D eigenvalue weighted by Gasteiger charge is 2.26. The average Bonchev–Trinajstić information content (AvgIpc) is 2.72. The van der Waals surface area contributed by atoms with Crippen LogP contribution in [0.25, 0.3) is 0 Å². The molecule has 0 saturated carbocycles. The molecule has 6 heteroatoms. The highest BCUT2D eigenvalue weighted by molar-refractivity contribution is 7.99. The van der Waals surface area contributed by atoms with E-state index in [2.05, 4.69) is 5.32 Å². The van der Waals surface area contributed by atoms with Gasteiger partial charge in [0.1, 0.15) is 6.04 Å². The SMILES string of the molecule is CC[C@H](C)NC(=O)[C@H](C)N(Cc1ccc(C)cc1)C(=O)CSCc1cccc(Cl)c1. The van der Waals surface area contributed by atoms with Crippen LogP contribution < -0.4 is 5.32 Å². The number of halogens is 1.